The van der Waals surface area contributed by atoms with E-state index in [0.717, 1.165) is 5.56 Å². The number of pyridine rings is 1. The average molecular weight is 451 g/mol. The Labute approximate surface area is 183 Å². The zero-order valence-corrected chi connectivity index (χ0v) is 18.1. The van der Waals surface area contributed by atoms with Gasteiger partial charge in [-0.25, -0.2) is 13.4 Å². The molecule has 2 N–H and O–H groups in total. The highest BCUT2D eigenvalue weighted by atomic mass is 32.2. The maximum Gasteiger partial charge on any atom is 0.261 e. The van der Waals surface area contributed by atoms with Gasteiger partial charge < -0.3 is 0 Å². The van der Waals surface area contributed by atoms with Crippen molar-refractivity contribution in [2.24, 2.45) is 0 Å². The summed E-state index contributed by atoms with van der Waals surface area (Å²) < 4.78 is 28.0. The summed E-state index contributed by atoms with van der Waals surface area (Å²) in [7, 11) is -3.84. The van der Waals surface area contributed by atoms with Crippen molar-refractivity contribution in [3.05, 3.63) is 89.4 Å². The van der Waals surface area contributed by atoms with Crippen molar-refractivity contribution in [1.82, 2.24) is 9.97 Å². The number of aryl methyl sites for hydroxylation is 1. The lowest BCUT2D eigenvalue weighted by molar-refractivity contribution is 0.102. The zero-order valence-electron chi connectivity index (χ0n) is 16.4. The van der Waals surface area contributed by atoms with Crippen LogP contribution in [0.2, 0.25) is 0 Å². The van der Waals surface area contributed by atoms with Gasteiger partial charge in [0.25, 0.3) is 15.9 Å². The highest BCUT2D eigenvalue weighted by Gasteiger charge is 2.17. The summed E-state index contributed by atoms with van der Waals surface area (Å²) in [5, 5.41) is 4.91. The van der Waals surface area contributed by atoms with E-state index in [4.69, 9.17) is 0 Å². The lowest BCUT2D eigenvalue weighted by Crippen LogP contribution is -2.16. The monoisotopic (exact) mass is 450 g/mol. The molecule has 1 amide bonds. The summed E-state index contributed by atoms with van der Waals surface area (Å²) in [6.07, 6.45) is 1.67. The molecule has 156 valence electrons. The number of nitrogens with zero attached hydrogens (tertiary/aromatic N) is 2. The molecule has 9 heteroatoms. The fraction of sp³-hybridized carbons (Fsp3) is 0.0455. The number of amides is 1. The Balaban J connectivity index is 1.51. The van der Waals surface area contributed by atoms with Crippen LogP contribution >= 0.6 is 11.3 Å². The van der Waals surface area contributed by atoms with Crippen molar-refractivity contribution in [2.75, 3.05) is 10.0 Å². The average Bonchev–Trinajstić information content (AvgIpc) is 3.23. The van der Waals surface area contributed by atoms with Crippen LogP contribution in [0.1, 0.15) is 15.9 Å². The van der Waals surface area contributed by atoms with E-state index in [1.54, 1.807) is 35.8 Å². The Hall–Kier alpha value is -3.56. The van der Waals surface area contributed by atoms with Crippen LogP contribution in [-0.4, -0.2) is 24.3 Å². The number of anilines is 2. The number of carbonyl (C=O) groups excluding carboxylic acids is 1. The molecule has 0 radical (unpaired) electrons. The topological polar surface area (TPSA) is 101 Å². The van der Waals surface area contributed by atoms with Crippen molar-refractivity contribution in [3.63, 3.8) is 0 Å². The minimum atomic E-state index is -3.84. The smallest absolute Gasteiger partial charge is 0.261 e. The number of hydrogen-bond donors (Lipinski definition) is 2. The van der Waals surface area contributed by atoms with Crippen molar-refractivity contribution in [1.29, 1.82) is 0 Å². The van der Waals surface area contributed by atoms with E-state index in [1.165, 1.54) is 29.5 Å². The number of hydrogen-bond acceptors (Lipinski definition) is 6. The summed E-state index contributed by atoms with van der Waals surface area (Å²) in [5.41, 5.74) is 2.96. The van der Waals surface area contributed by atoms with Gasteiger partial charge >= 0.3 is 0 Å². The number of sulfonamides is 1. The number of aromatic nitrogens is 2. The van der Waals surface area contributed by atoms with E-state index in [1.807, 2.05) is 31.2 Å². The molecule has 4 aromatic rings. The second kappa shape index (κ2) is 8.66. The second-order valence-corrected chi connectivity index (χ2v) is 9.25. The summed E-state index contributed by atoms with van der Waals surface area (Å²) in [4.78, 5) is 21.3. The molecule has 0 aliphatic heterocycles. The Morgan fingerprint density at radius 1 is 0.968 bits per heavy atom. The first-order valence-corrected chi connectivity index (χ1v) is 11.6. The molecule has 0 saturated heterocycles. The third kappa shape index (κ3) is 4.96. The van der Waals surface area contributed by atoms with Crippen LogP contribution in [0, 0.1) is 6.92 Å². The highest BCUT2D eigenvalue weighted by molar-refractivity contribution is 7.92. The predicted molar refractivity (Wildman–Crippen MR) is 122 cm³/mol. The molecule has 4 rings (SSSR count). The second-order valence-electron chi connectivity index (χ2n) is 6.71. The van der Waals surface area contributed by atoms with Crippen molar-refractivity contribution in [2.45, 2.75) is 11.8 Å². The molecule has 2 heterocycles. The molecule has 0 bridgehead atoms. The molecule has 0 fully saturated rings. The predicted octanol–water partition coefficient (Wildman–Crippen LogP) is 4.57. The minimum Gasteiger partial charge on any atom is -0.298 e. The molecule has 0 aliphatic carbocycles. The standard InChI is InChI=1S/C22H18N4O3S2/c1-15-6-4-8-17(12-15)26-31(28,29)18-9-5-7-16(13-18)21(27)25-22-24-20(14-30-22)19-10-2-3-11-23-19/h2-14,26H,1H3,(H,24,25,27). The molecule has 0 aliphatic rings. The van der Waals surface area contributed by atoms with E-state index < -0.39 is 15.9 Å². The largest absolute Gasteiger partial charge is 0.298 e. The van der Waals surface area contributed by atoms with E-state index in [-0.39, 0.29) is 10.5 Å². The van der Waals surface area contributed by atoms with Gasteiger partial charge in [0.1, 0.15) is 5.69 Å². The number of carbonyl (C=O) groups is 1. The van der Waals surface area contributed by atoms with Crippen molar-refractivity contribution in [3.8, 4) is 11.4 Å². The maximum absolute atomic E-state index is 12.7. The number of rotatable bonds is 6. The van der Waals surface area contributed by atoms with Crippen LogP contribution in [0.4, 0.5) is 10.8 Å². The zero-order chi connectivity index (χ0) is 21.8. The van der Waals surface area contributed by atoms with Gasteiger partial charge in [-0.3, -0.25) is 19.8 Å². The van der Waals surface area contributed by atoms with Crippen LogP contribution in [-0.2, 0) is 10.0 Å². The maximum atomic E-state index is 12.7. The van der Waals surface area contributed by atoms with Gasteiger partial charge in [0.2, 0.25) is 0 Å². The minimum absolute atomic E-state index is 0.00466. The molecule has 31 heavy (non-hydrogen) atoms. The van der Waals surface area contributed by atoms with Crippen LogP contribution in [0.5, 0.6) is 0 Å². The fourth-order valence-corrected chi connectivity index (χ4v) is 4.65. The van der Waals surface area contributed by atoms with Crippen molar-refractivity contribution >= 4 is 38.1 Å². The lowest BCUT2D eigenvalue weighted by atomic mass is 10.2. The Morgan fingerprint density at radius 2 is 1.81 bits per heavy atom. The quantitative estimate of drug-likeness (QED) is 0.448. The normalized spacial score (nSPS) is 11.1. The van der Waals surface area contributed by atoms with E-state index in [9.17, 15) is 13.2 Å². The van der Waals surface area contributed by atoms with Gasteiger partial charge in [-0.15, -0.1) is 11.3 Å². The Kier molecular flexibility index (Phi) is 5.79. The molecule has 2 aromatic carbocycles. The van der Waals surface area contributed by atoms with Gasteiger partial charge in [0.05, 0.1) is 10.6 Å². The van der Waals surface area contributed by atoms with Gasteiger partial charge in [-0.1, -0.05) is 24.3 Å². The van der Waals surface area contributed by atoms with Crippen LogP contribution in [0.15, 0.2) is 83.2 Å². The summed E-state index contributed by atoms with van der Waals surface area (Å²) in [5.74, 6) is -0.450. The fourth-order valence-electron chi connectivity index (χ4n) is 2.86. The molecule has 7 nitrogen and oxygen atoms in total. The van der Waals surface area contributed by atoms with E-state index in [0.29, 0.717) is 22.2 Å². The van der Waals surface area contributed by atoms with Gasteiger partial charge in [0, 0.05) is 22.8 Å². The number of benzene rings is 2. The van der Waals surface area contributed by atoms with Gasteiger partial charge in [0.15, 0.2) is 5.13 Å². The van der Waals surface area contributed by atoms with E-state index >= 15 is 0 Å². The number of thiazole rings is 1. The number of nitrogens with one attached hydrogen (secondary N) is 2. The van der Waals surface area contributed by atoms with Crippen LogP contribution in [0.25, 0.3) is 11.4 Å². The molecule has 0 saturated carbocycles. The Bertz CT molecular complexity index is 1340. The van der Waals surface area contributed by atoms with Gasteiger partial charge in [-0.05, 0) is 55.0 Å². The first-order valence-electron chi connectivity index (χ1n) is 9.28. The summed E-state index contributed by atoms with van der Waals surface area (Å²) in [6, 6.07) is 18.4. The third-order valence-electron chi connectivity index (χ3n) is 4.33. The lowest BCUT2D eigenvalue weighted by Gasteiger charge is -2.10. The van der Waals surface area contributed by atoms with E-state index in [2.05, 4.69) is 20.0 Å². The third-order valence-corrected chi connectivity index (χ3v) is 6.47. The van der Waals surface area contributed by atoms with Crippen LogP contribution in [0.3, 0.4) is 0 Å². The highest BCUT2D eigenvalue weighted by Crippen LogP contribution is 2.24. The first kappa shape index (κ1) is 20.7. The summed E-state index contributed by atoms with van der Waals surface area (Å²) >= 11 is 1.27. The molecule has 0 unspecified atom stereocenters. The van der Waals surface area contributed by atoms with Crippen LogP contribution < -0.4 is 10.0 Å². The SMILES string of the molecule is Cc1cccc(NS(=O)(=O)c2cccc(C(=O)Nc3nc(-c4ccccn4)cs3)c2)c1. The molecular weight excluding hydrogens is 432 g/mol. The van der Waals surface area contributed by atoms with Gasteiger partial charge in [-0.2, -0.15) is 0 Å². The molecule has 0 atom stereocenters. The molecule has 2 aromatic heterocycles. The molecular formula is C22H18N4O3S2. The Morgan fingerprint density at radius 3 is 2.58 bits per heavy atom. The first-order chi connectivity index (χ1) is 14.9. The van der Waals surface area contributed by atoms with Crippen molar-refractivity contribution < 1.29 is 13.2 Å². The molecule has 0 spiro atoms. The summed E-state index contributed by atoms with van der Waals surface area (Å²) in [6.45, 7) is 1.88.